The van der Waals surface area contributed by atoms with Crippen molar-refractivity contribution in [3.05, 3.63) is 18.5 Å². The predicted molar refractivity (Wildman–Crippen MR) is 43.1 cm³/mol. The number of aliphatic hydroxyl groups excluding tert-OH is 1. The minimum atomic E-state index is -0.250. The largest absolute Gasteiger partial charge is 0.391 e. The third-order valence-electron chi connectivity index (χ3n) is 1.58. The van der Waals surface area contributed by atoms with Gasteiger partial charge in [0, 0.05) is 45.1 Å². The van der Waals surface area contributed by atoms with Crippen molar-refractivity contribution in [1.82, 2.24) is 9.78 Å². The van der Waals surface area contributed by atoms with Crippen LogP contribution in [-0.4, -0.2) is 21.0 Å². The molecule has 1 heterocycles. The van der Waals surface area contributed by atoms with Crippen molar-refractivity contribution in [1.29, 1.82) is 0 Å². The molecule has 0 aliphatic heterocycles. The smallest absolute Gasteiger partial charge is 0.0736 e. The van der Waals surface area contributed by atoms with Crippen molar-refractivity contribution in [3.8, 4) is 0 Å². The Hall–Kier alpha value is 0.274. The van der Waals surface area contributed by atoms with Gasteiger partial charge in [-0.25, -0.2) is 0 Å². The molecule has 1 aromatic heterocycles. The Labute approximate surface area is 98.0 Å². The van der Waals surface area contributed by atoms with Crippen LogP contribution in [0.25, 0.3) is 0 Å². The van der Waals surface area contributed by atoms with Crippen LogP contribution in [0.5, 0.6) is 0 Å². The average Bonchev–Trinajstić information content (AvgIpc) is 2.40. The number of aliphatic hydroxyl groups is 1. The van der Waals surface area contributed by atoms with Crippen molar-refractivity contribution in [2.45, 2.75) is 32.4 Å². The van der Waals surface area contributed by atoms with Crippen molar-refractivity contribution >= 4 is 0 Å². The molecule has 3 nitrogen and oxygen atoms in total. The molecule has 0 fully saturated rings. The van der Waals surface area contributed by atoms with Crippen LogP contribution in [0.3, 0.4) is 0 Å². The summed E-state index contributed by atoms with van der Waals surface area (Å²) in [6, 6.07) is 1.86. The minimum absolute atomic E-state index is 0. The Morgan fingerprint density at radius 2 is 2.33 bits per heavy atom. The number of hydrogen-bond acceptors (Lipinski definition) is 2. The molecule has 0 spiro atoms. The Kier molecular flexibility index (Phi) is 6.91. The van der Waals surface area contributed by atoms with Gasteiger partial charge in [-0.3, -0.25) is 4.68 Å². The quantitative estimate of drug-likeness (QED) is 0.858. The molecule has 0 saturated heterocycles. The average molecular weight is 243 g/mol. The molecule has 1 aromatic rings. The summed E-state index contributed by atoms with van der Waals surface area (Å²) in [6.45, 7) is 2.67. The predicted octanol–water partition coefficient (Wildman–Crippen LogP) is 1.04. The molecule has 0 amide bonds. The first-order chi connectivity index (χ1) is 5.33. The number of rotatable bonds is 4. The Morgan fingerprint density at radius 1 is 1.58 bits per heavy atom. The normalized spacial score (nSPS) is 12.2. The van der Waals surface area contributed by atoms with E-state index in [0.717, 1.165) is 12.8 Å². The van der Waals surface area contributed by atoms with E-state index in [-0.39, 0.29) is 38.8 Å². The molecule has 0 saturated carbocycles. The zero-order valence-corrected chi connectivity index (χ0v) is 10.2. The van der Waals surface area contributed by atoms with Gasteiger partial charge < -0.3 is 5.11 Å². The first kappa shape index (κ1) is 12.3. The molecular weight excluding hydrogens is 229 g/mol. The van der Waals surface area contributed by atoms with Gasteiger partial charge in [-0.2, -0.15) is 5.10 Å². The van der Waals surface area contributed by atoms with Gasteiger partial charge in [0.25, 0.3) is 0 Å². The second kappa shape index (κ2) is 6.75. The molecule has 0 aliphatic carbocycles. The van der Waals surface area contributed by atoms with E-state index >= 15 is 0 Å². The summed E-state index contributed by atoms with van der Waals surface area (Å²) in [6.07, 6.45) is 5.19. The summed E-state index contributed by atoms with van der Waals surface area (Å²) in [7, 11) is 0. The van der Waals surface area contributed by atoms with E-state index in [4.69, 9.17) is 0 Å². The molecule has 1 atom stereocenters. The van der Waals surface area contributed by atoms with E-state index in [2.05, 4.69) is 12.0 Å². The van der Waals surface area contributed by atoms with Gasteiger partial charge in [-0.1, -0.05) is 13.3 Å². The van der Waals surface area contributed by atoms with E-state index < -0.39 is 0 Å². The molecule has 1 N–H and O–H groups in total. The molecule has 65 valence electrons. The standard InChI is InChI=1S/C8H14N2O.Y/c1-2-4-8(11)7-10-6-3-5-9-10;/h3,5-6,8,11H,2,4,7H2,1H3;. The fourth-order valence-corrected chi connectivity index (χ4v) is 1.05. The summed E-state index contributed by atoms with van der Waals surface area (Å²) in [5.74, 6) is 0. The third kappa shape index (κ3) is 4.34. The summed E-state index contributed by atoms with van der Waals surface area (Å²) < 4.78 is 1.75. The van der Waals surface area contributed by atoms with Crippen LogP contribution in [0, 0.1) is 0 Å². The molecule has 0 bridgehead atoms. The van der Waals surface area contributed by atoms with Gasteiger partial charge in [0.2, 0.25) is 0 Å². The van der Waals surface area contributed by atoms with Crippen molar-refractivity contribution in [2.24, 2.45) is 0 Å². The maximum absolute atomic E-state index is 9.36. The van der Waals surface area contributed by atoms with Gasteiger partial charge in [-0.05, 0) is 12.5 Å². The van der Waals surface area contributed by atoms with E-state index in [1.807, 2.05) is 12.3 Å². The molecule has 12 heavy (non-hydrogen) atoms. The topological polar surface area (TPSA) is 38.0 Å². The first-order valence-corrected chi connectivity index (χ1v) is 3.98. The number of hydrogen-bond donors (Lipinski definition) is 1. The van der Waals surface area contributed by atoms with E-state index in [0.29, 0.717) is 6.54 Å². The second-order valence-corrected chi connectivity index (χ2v) is 2.67. The third-order valence-corrected chi connectivity index (χ3v) is 1.58. The minimum Gasteiger partial charge on any atom is -0.391 e. The maximum atomic E-state index is 9.36. The van der Waals surface area contributed by atoms with E-state index in [1.165, 1.54) is 0 Å². The summed E-state index contributed by atoms with van der Waals surface area (Å²) >= 11 is 0. The SMILES string of the molecule is CCCC(O)Cn1cccn1.[Y]. The second-order valence-electron chi connectivity index (χ2n) is 2.67. The monoisotopic (exact) mass is 243 g/mol. The Morgan fingerprint density at radius 3 is 2.83 bits per heavy atom. The van der Waals surface area contributed by atoms with Crippen LogP contribution in [0.4, 0.5) is 0 Å². The Bertz CT molecular complexity index is 189. The van der Waals surface area contributed by atoms with Gasteiger partial charge >= 0.3 is 0 Å². The van der Waals surface area contributed by atoms with E-state index in [9.17, 15) is 5.11 Å². The first-order valence-electron chi connectivity index (χ1n) is 3.98. The molecule has 1 unspecified atom stereocenters. The number of nitrogens with zero attached hydrogens (tertiary/aromatic N) is 2. The molecule has 4 heteroatoms. The van der Waals surface area contributed by atoms with E-state index in [1.54, 1.807) is 10.9 Å². The fraction of sp³-hybridized carbons (Fsp3) is 0.625. The number of aromatic nitrogens is 2. The fourth-order valence-electron chi connectivity index (χ4n) is 1.05. The summed E-state index contributed by atoms with van der Waals surface area (Å²) in [5, 5.41) is 13.4. The molecule has 0 aliphatic rings. The maximum Gasteiger partial charge on any atom is 0.0736 e. The molecule has 0 aromatic carbocycles. The van der Waals surface area contributed by atoms with Crippen molar-refractivity contribution < 1.29 is 37.8 Å². The molecular formula is C8H14N2OY. The van der Waals surface area contributed by atoms with Gasteiger partial charge in [0.15, 0.2) is 0 Å². The van der Waals surface area contributed by atoms with Crippen LogP contribution in [-0.2, 0) is 39.3 Å². The zero-order chi connectivity index (χ0) is 8.10. The van der Waals surface area contributed by atoms with Gasteiger partial charge in [0.05, 0.1) is 12.6 Å². The van der Waals surface area contributed by atoms with Crippen LogP contribution in [0.1, 0.15) is 19.8 Å². The van der Waals surface area contributed by atoms with Crippen LogP contribution in [0.15, 0.2) is 18.5 Å². The van der Waals surface area contributed by atoms with Gasteiger partial charge in [0.1, 0.15) is 0 Å². The van der Waals surface area contributed by atoms with Crippen LogP contribution >= 0.6 is 0 Å². The summed E-state index contributed by atoms with van der Waals surface area (Å²) in [4.78, 5) is 0. The van der Waals surface area contributed by atoms with Crippen LogP contribution < -0.4 is 0 Å². The van der Waals surface area contributed by atoms with Crippen molar-refractivity contribution in [2.75, 3.05) is 0 Å². The Balaban J connectivity index is 0.00000121. The molecule has 1 rings (SSSR count). The molecule has 1 radical (unpaired) electrons. The van der Waals surface area contributed by atoms with Crippen molar-refractivity contribution in [3.63, 3.8) is 0 Å². The van der Waals surface area contributed by atoms with Gasteiger partial charge in [-0.15, -0.1) is 0 Å². The summed E-state index contributed by atoms with van der Waals surface area (Å²) in [5.41, 5.74) is 0. The van der Waals surface area contributed by atoms with Crippen LogP contribution in [0.2, 0.25) is 0 Å². The zero-order valence-electron chi connectivity index (χ0n) is 7.35.